The van der Waals surface area contributed by atoms with E-state index >= 15 is 0 Å². The molecule has 2 rings (SSSR count). The van der Waals surface area contributed by atoms with Gasteiger partial charge in [0, 0.05) is 4.11 Å². The number of aliphatic hydroxyl groups is 2. The second kappa shape index (κ2) is 10.1. The molecule has 3 atom stereocenters. The van der Waals surface area contributed by atoms with Crippen LogP contribution in [-0.4, -0.2) is 28.3 Å². The minimum absolute atomic E-state index is 0.112. The highest BCUT2D eigenvalue weighted by Crippen LogP contribution is 2.29. The molecule has 0 fully saturated rings. The van der Waals surface area contributed by atoms with E-state index in [-0.39, 0.29) is 12.2 Å². The van der Waals surface area contributed by atoms with Crippen molar-refractivity contribution in [3.63, 3.8) is 0 Å². The molecule has 1 amide bonds. The Morgan fingerprint density at radius 3 is 2.30 bits per heavy atom. The third-order valence-electron chi connectivity index (χ3n) is 4.87. The fraction of sp³-hybridized carbons (Fsp3) is 0.480. The van der Waals surface area contributed by atoms with Crippen molar-refractivity contribution in [2.24, 2.45) is 5.92 Å². The number of amides is 1. The molecule has 0 aliphatic heterocycles. The van der Waals surface area contributed by atoms with Gasteiger partial charge in [0.1, 0.15) is 5.75 Å². The smallest absolute Gasteiger partial charge is 0.256 e. The highest BCUT2D eigenvalue weighted by atomic mass is 16.5. The van der Waals surface area contributed by atoms with Gasteiger partial charge in [0.25, 0.3) is 5.91 Å². The van der Waals surface area contributed by atoms with Crippen LogP contribution in [0.5, 0.6) is 5.75 Å². The molecule has 3 N–H and O–H groups in total. The molecule has 0 saturated carbocycles. The van der Waals surface area contributed by atoms with Crippen LogP contribution in [0.25, 0.3) is 0 Å². The average Bonchev–Trinajstić information content (AvgIpc) is 2.75. The van der Waals surface area contributed by atoms with Gasteiger partial charge in [-0.2, -0.15) is 0 Å². The standard InChI is InChI=1S/C25H35NO4/c1-6-10-18(2)17-30-21-15-13-19(14-16-21)22(24(3,4)28)26-23(27)25(5,29)20-11-8-7-9-12-20/h7-9,11-16,18,22,28-29H,6,10,17H2,1-5H3,(H,26,27)/t18-,22+,25+/m0/s1/i2D3,17D2. The minimum Gasteiger partial charge on any atom is -0.493 e. The van der Waals surface area contributed by atoms with E-state index in [0.717, 1.165) is 0 Å². The van der Waals surface area contributed by atoms with Gasteiger partial charge >= 0.3 is 0 Å². The van der Waals surface area contributed by atoms with Crippen LogP contribution in [0.2, 0.25) is 0 Å². The third-order valence-corrected chi connectivity index (χ3v) is 4.87. The first-order chi connectivity index (χ1) is 16.0. The Morgan fingerprint density at radius 2 is 1.77 bits per heavy atom. The lowest BCUT2D eigenvalue weighted by atomic mass is 9.89. The minimum atomic E-state index is -2.52. The Bertz CT molecular complexity index is 970. The zero-order valence-corrected chi connectivity index (χ0v) is 18.0. The molecule has 2 aromatic rings. The molecular formula is C25H35NO4. The number of ether oxygens (including phenoxy) is 1. The lowest BCUT2D eigenvalue weighted by Crippen LogP contribution is -2.49. The van der Waals surface area contributed by atoms with Gasteiger partial charge in [-0.15, -0.1) is 0 Å². The number of benzene rings is 2. The predicted molar refractivity (Wildman–Crippen MR) is 119 cm³/mol. The summed E-state index contributed by atoms with van der Waals surface area (Å²) in [4.78, 5) is 13.0. The Balaban J connectivity index is 2.27. The monoisotopic (exact) mass is 418 g/mol. The Hall–Kier alpha value is -2.37. The molecular weight excluding hydrogens is 378 g/mol. The summed E-state index contributed by atoms with van der Waals surface area (Å²) >= 11 is 0. The van der Waals surface area contributed by atoms with E-state index in [1.54, 1.807) is 49.4 Å². The van der Waals surface area contributed by atoms with Crippen LogP contribution >= 0.6 is 0 Å². The maximum absolute atomic E-state index is 13.0. The van der Waals surface area contributed by atoms with E-state index in [0.29, 0.717) is 17.5 Å². The first kappa shape index (κ1) is 17.3. The van der Waals surface area contributed by atoms with E-state index in [1.165, 1.54) is 32.9 Å². The van der Waals surface area contributed by atoms with Crippen LogP contribution in [0.3, 0.4) is 0 Å². The summed E-state index contributed by atoms with van der Waals surface area (Å²) in [6.45, 7) is 1.24. The second-order valence-corrected chi connectivity index (χ2v) is 8.13. The fourth-order valence-corrected chi connectivity index (χ4v) is 3.05. The molecule has 0 aliphatic rings. The zero-order chi connectivity index (χ0) is 26.7. The molecule has 0 aromatic heterocycles. The highest BCUT2D eigenvalue weighted by Gasteiger charge is 2.37. The average molecular weight is 419 g/mol. The van der Waals surface area contributed by atoms with Crippen molar-refractivity contribution >= 4 is 5.91 Å². The topological polar surface area (TPSA) is 78.8 Å². The number of carbonyl (C=O) groups excluding carboxylic acids is 1. The molecule has 5 nitrogen and oxygen atoms in total. The van der Waals surface area contributed by atoms with Crippen molar-refractivity contribution in [2.75, 3.05) is 6.56 Å². The number of hydrogen-bond acceptors (Lipinski definition) is 4. The molecule has 2 aromatic carbocycles. The summed E-state index contributed by atoms with van der Waals surface area (Å²) in [6.07, 6.45) is 0.625. The van der Waals surface area contributed by atoms with E-state index < -0.39 is 42.5 Å². The molecule has 0 saturated heterocycles. The maximum atomic E-state index is 13.0. The Kier molecular flexibility index (Phi) is 5.83. The van der Waals surface area contributed by atoms with Crippen LogP contribution in [0.1, 0.15) is 71.4 Å². The third kappa shape index (κ3) is 6.31. The van der Waals surface area contributed by atoms with Crippen LogP contribution in [0, 0.1) is 5.92 Å². The van der Waals surface area contributed by atoms with Gasteiger partial charge in [0.2, 0.25) is 0 Å². The second-order valence-electron chi connectivity index (χ2n) is 8.13. The van der Waals surface area contributed by atoms with Gasteiger partial charge in [-0.25, -0.2) is 0 Å². The van der Waals surface area contributed by atoms with E-state index in [2.05, 4.69) is 5.32 Å². The van der Waals surface area contributed by atoms with Gasteiger partial charge in [-0.05, 0) is 56.4 Å². The normalized spacial score (nSPS) is 19.1. The van der Waals surface area contributed by atoms with Gasteiger partial charge in [0.05, 0.1) is 20.9 Å². The Labute approximate surface area is 187 Å². The summed E-state index contributed by atoms with van der Waals surface area (Å²) < 4.78 is 44.9. The lowest BCUT2D eigenvalue weighted by molar-refractivity contribution is -0.141. The largest absolute Gasteiger partial charge is 0.493 e. The first-order valence-corrected chi connectivity index (χ1v) is 10.1. The fourth-order valence-electron chi connectivity index (χ4n) is 3.05. The predicted octanol–water partition coefficient (Wildman–Crippen LogP) is 4.34. The highest BCUT2D eigenvalue weighted by molar-refractivity contribution is 5.86. The number of carbonyl (C=O) groups is 1. The van der Waals surface area contributed by atoms with Gasteiger partial charge in [-0.3, -0.25) is 4.79 Å². The van der Waals surface area contributed by atoms with Gasteiger partial charge in [0.15, 0.2) is 5.60 Å². The molecule has 0 radical (unpaired) electrons. The van der Waals surface area contributed by atoms with E-state index in [1.807, 2.05) is 0 Å². The summed E-state index contributed by atoms with van der Waals surface area (Å²) in [7, 11) is 0. The van der Waals surface area contributed by atoms with Crippen LogP contribution in [-0.2, 0) is 10.4 Å². The molecule has 30 heavy (non-hydrogen) atoms. The van der Waals surface area contributed by atoms with Crippen molar-refractivity contribution in [1.29, 1.82) is 0 Å². The van der Waals surface area contributed by atoms with Crippen molar-refractivity contribution < 1.29 is 26.6 Å². The zero-order valence-electron chi connectivity index (χ0n) is 23.0. The molecule has 0 aliphatic carbocycles. The number of hydrogen-bond donors (Lipinski definition) is 3. The van der Waals surface area contributed by atoms with Crippen molar-refractivity contribution in [2.45, 2.75) is 64.6 Å². The number of rotatable bonds is 10. The van der Waals surface area contributed by atoms with Crippen molar-refractivity contribution in [3.8, 4) is 5.75 Å². The van der Waals surface area contributed by atoms with Gasteiger partial charge < -0.3 is 20.3 Å². The van der Waals surface area contributed by atoms with E-state index in [9.17, 15) is 15.0 Å². The summed E-state index contributed by atoms with van der Waals surface area (Å²) in [5.41, 5.74) is -2.36. The number of nitrogens with one attached hydrogen (secondary N) is 1. The van der Waals surface area contributed by atoms with Crippen molar-refractivity contribution in [1.82, 2.24) is 5.32 Å². The van der Waals surface area contributed by atoms with E-state index in [4.69, 9.17) is 11.6 Å². The molecule has 0 spiro atoms. The van der Waals surface area contributed by atoms with Crippen molar-refractivity contribution in [3.05, 3.63) is 65.7 Å². The quantitative estimate of drug-likeness (QED) is 0.536. The SMILES string of the molecule is [2H]C([2H])([2H])[C@@H](CCC)C([2H])([2H])Oc1ccc([C@@H](NC(=O)[C@](C)(O)c2ccccc2)C(C)(C)O)cc1. The molecule has 164 valence electrons. The molecule has 0 heterocycles. The van der Waals surface area contributed by atoms with Crippen LogP contribution in [0.4, 0.5) is 0 Å². The van der Waals surface area contributed by atoms with Crippen LogP contribution in [0.15, 0.2) is 54.6 Å². The Morgan fingerprint density at radius 1 is 1.13 bits per heavy atom. The van der Waals surface area contributed by atoms with Gasteiger partial charge in [-0.1, -0.05) is 62.7 Å². The molecule has 0 unspecified atom stereocenters. The maximum Gasteiger partial charge on any atom is 0.256 e. The summed E-state index contributed by atoms with van der Waals surface area (Å²) in [5, 5.41) is 24.3. The molecule has 0 bridgehead atoms. The molecule has 5 heteroatoms. The summed E-state index contributed by atoms with van der Waals surface area (Å²) in [5.74, 6) is -1.89. The van der Waals surface area contributed by atoms with Crippen LogP contribution < -0.4 is 10.1 Å². The lowest BCUT2D eigenvalue weighted by Gasteiger charge is -2.33. The summed E-state index contributed by atoms with van der Waals surface area (Å²) in [6, 6.07) is 13.5. The first-order valence-electron chi connectivity index (χ1n) is 12.6.